The number of aliphatic hydroxyl groups excluding tert-OH is 2. The minimum atomic E-state index is -0.935. The van der Waals surface area contributed by atoms with E-state index in [1.165, 1.54) is 33.1 Å². The molecule has 0 spiro atoms. The van der Waals surface area contributed by atoms with E-state index >= 15 is 0 Å². The lowest BCUT2D eigenvalue weighted by Crippen LogP contribution is -2.52. The number of carbonyl (C=O) groups is 2. The number of hydrogen-bond acceptors (Lipinski definition) is 4. The zero-order valence-electron chi connectivity index (χ0n) is 14.6. The number of carboxylic acid groups (broad SMARTS) is 2. The van der Waals surface area contributed by atoms with E-state index in [4.69, 9.17) is 15.3 Å². The second kappa shape index (κ2) is 10.3. The molecule has 2 fully saturated rings. The Balaban J connectivity index is 0.000000377. The fourth-order valence-corrected chi connectivity index (χ4v) is 2.85. The largest absolute Gasteiger partial charge is 0.478 e. The molecule has 24 heavy (non-hydrogen) atoms. The van der Waals surface area contributed by atoms with Gasteiger partial charge < -0.3 is 20.4 Å². The predicted octanol–water partition coefficient (Wildman–Crippen LogP) is 2.46. The van der Waals surface area contributed by atoms with Crippen molar-refractivity contribution in [3.63, 3.8) is 0 Å². The van der Waals surface area contributed by atoms with Crippen LogP contribution in [-0.4, -0.2) is 45.6 Å². The van der Waals surface area contributed by atoms with Crippen LogP contribution in [0.25, 0.3) is 0 Å². The van der Waals surface area contributed by atoms with Crippen molar-refractivity contribution in [3.8, 4) is 0 Å². The van der Waals surface area contributed by atoms with Crippen LogP contribution in [0.3, 0.4) is 0 Å². The van der Waals surface area contributed by atoms with Gasteiger partial charge in [0.25, 0.3) is 0 Å². The molecule has 0 radical (unpaired) electrons. The smallest absolute Gasteiger partial charge is 0.330 e. The van der Waals surface area contributed by atoms with E-state index in [2.05, 4.69) is 13.2 Å². The van der Waals surface area contributed by atoms with Gasteiger partial charge in [0.15, 0.2) is 0 Å². The molecule has 6 nitrogen and oxygen atoms in total. The van der Waals surface area contributed by atoms with Crippen LogP contribution < -0.4 is 0 Å². The molecule has 0 heterocycles. The Bertz CT molecular complexity index is 402. The van der Waals surface area contributed by atoms with Gasteiger partial charge >= 0.3 is 11.9 Å². The van der Waals surface area contributed by atoms with E-state index in [9.17, 15) is 14.7 Å². The van der Waals surface area contributed by atoms with E-state index in [-0.39, 0.29) is 23.2 Å². The predicted molar refractivity (Wildman–Crippen MR) is 91.6 cm³/mol. The average Bonchev–Trinajstić information content (AvgIpc) is 2.42. The third-order valence-electron chi connectivity index (χ3n) is 4.93. The van der Waals surface area contributed by atoms with Crippen molar-refractivity contribution >= 4 is 11.9 Å². The maximum atomic E-state index is 9.60. The van der Waals surface area contributed by atoms with E-state index in [0.717, 1.165) is 12.8 Å². The lowest BCUT2D eigenvalue weighted by Gasteiger charge is -2.56. The summed E-state index contributed by atoms with van der Waals surface area (Å²) in [6, 6.07) is 0. The molecule has 4 N–H and O–H groups in total. The van der Waals surface area contributed by atoms with Crippen LogP contribution in [0, 0.1) is 17.3 Å². The fraction of sp³-hybridized carbons (Fsp3) is 0.667. The first-order valence-electron chi connectivity index (χ1n) is 8.11. The van der Waals surface area contributed by atoms with Gasteiger partial charge in [0.1, 0.15) is 0 Å². The van der Waals surface area contributed by atoms with Crippen molar-refractivity contribution < 1.29 is 30.0 Å². The zero-order valence-corrected chi connectivity index (χ0v) is 14.6. The number of aliphatic hydroxyl groups is 2. The molecular formula is C18H30O6. The molecule has 0 amide bonds. The molecule has 0 saturated heterocycles. The second-order valence-electron chi connectivity index (χ2n) is 6.61. The molecular weight excluding hydrogens is 312 g/mol. The van der Waals surface area contributed by atoms with Gasteiger partial charge in [-0.1, -0.05) is 19.6 Å². The van der Waals surface area contributed by atoms with Crippen LogP contribution in [0.1, 0.15) is 46.0 Å². The first-order valence-corrected chi connectivity index (χ1v) is 8.11. The molecule has 138 valence electrons. The quantitative estimate of drug-likeness (QED) is 0.571. The molecule has 0 aliphatic heterocycles. The maximum Gasteiger partial charge on any atom is 0.330 e. The minimum Gasteiger partial charge on any atom is -0.478 e. The van der Waals surface area contributed by atoms with E-state index in [1.807, 2.05) is 0 Å². The van der Waals surface area contributed by atoms with Gasteiger partial charge in [-0.2, -0.15) is 0 Å². The van der Waals surface area contributed by atoms with Crippen LogP contribution in [0.5, 0.6) is 0 Å². The molecule has 2 saturated carbocycles. The third kappa shape index (κ3) is 6.09. The minimum absolute atomic E-state index is 0.132. The standard InChI is InChI=1S/C10H18O2.2C4H6O2/c11-6-9-4-5-10(9,7-12)8-2-1-3-8;2*1-3(2)4(5)6/h8-9,11-12H,1-7H2;2*1H2,2H3,(H,5,6). The Morgan fingerprint density at radius 3 is 1.54 bits per heavy atom. The van der Waals surface area contributed by atoms with Gasteiger partial charge in [0, 0.05) is 29.8 Å². The summed E-state index contributed by atoms with van der Waals surface area (Å²) in [6.45, 7) is 9.77. The van der Waals surface area contributed by atoms with Crippen molar-refractivity contribution in [2.45, 2.75) is 46.0 Å². The lowest BCUT2D eigenvalue weighted by atomic mass is 9.50. The highest BCUT2D eigenvalue weighted by Gasteiger charge is 2.52. The maximum absolute atomic E-state index is 9.60. The Labute approximate surface area is 143 Å². The first kappa shape index (κ1) is 22.3. The summed E-state index contributed by atoms with van der Waals surface area (Å²) in [7, 11) is 0. The summed E-state index contributed by atoms with van der Waals surface area (Å²) < 4.78 is 0. The Morgan fingerprint density at radius 2 is 1.42 bits per heavy atom. The number of hydrogen-bond donors (Lipinski definition) is 4. The Morgan fingerprint density at radius 1 is 1.00 bits per heavy atom. The van der Waals surface area contributed by atoms with Crippen molar-refractivity contribution in [2.24, 2.45) is 17.3 Å². The fourth-order valence-electron chi connectivity index (χ4n) is 2.85. The lowest BCUT2D eigenvalue weighted by molar-refractivity contribution is -0.133. The second-order valence-corrected chi connectivity index (χ2v) is 6.61. The summed E-state index contributed by atoms with van der Waals surface area (Å²) in [5.41, 5.74) is 0.484. The summed E-state index contributed by atoms with van der Waals surface area (Å²) in [4.78, 5) is 19.2. The SMILES string of the molecule is C=C(C)C(=O)O.C=C(C)C(=O)O.OCC1CCC1(CO)C1CCC1. The van der Waals surface area contributed by atoms with Crippen molar-refractivity contribution in [1.29, 1.82) is 0 Å². The highest BCUT2D eigenvalue weighted by atomic mass is 16.4. The number of rotatable bonds is 5. The Hall–Kier alpha value is -1.66. The average molecular weight is 342 g/mol. The molecule has 2 unspecified atom stereocenters. The van der Waals surface area contributed by atoms with Crippen LogP contribution in [0.4, 0.5) is 0 Å². The van der Waals surface area contributed by atoms with Gasteiger partial charge in [-0.15, -0.1) is 0 Å². The topological polar surface area (TPSA) is 115 Å². The van der Waals surface area contributed by atoms with Crippen molar-refractivity contribution in [3.05, 3.63) is 24.3 Å². The molecule has 2 atom stereocenters. The van der Waals surface area contributed by atoms with E-state index in [1.54, 1.807) is 0 Å². The van der Waals surface area contributed by atoms with Crippen LogP contribution >= 0.6 is 0 Å². The third-order valence-corrected chi connectivity index (χ3v) is 4.93. The van der Waals surface area contributed by atoms with Gasteiger partial charge in [-0.05, 0) is 51.4 Å². The van der Waals surface area contributed by atoms with Crippen LogP contribution in [-0.2, 0) is 9.59 Å². The molecule has 2 aliphatic rings. The van der Waals surface area contributed by atoms with E-state index < -0.39 is 11.9 Å². The Kier molecular flexibility index (Phi) is 9.55. The highest BCUT2D eigenvalue weighted by Crippen LogP contribution is 2.57. The van der Waals surface area contributed by atoms with Gasteiger partial charge in [0.2, 0.25) is 0 Å². The van der Waals surface area contributed by atoms with Gasteiger partial charge in [0.05, 0.1) is 0 Å². The summed E-state index contributed by atoms with van der Waals surface area (Å²) in [5, 5.41) is 34.3. The van der Waals surface area contributed by atoms with Gasteiger partial charge in [-0.3, -0.25) is 0 Å². The molecule has 6 heteroatoms. The summed E-state index contributed by atoms with van der Waals surface area (Å²) >= 11 is 0. The summed E-state index contributed by atoms with van der Waals surface area (Å²) in [5.74, 6) is -0.758. The van der Waals surface area contributed by atoms with Crippen molar-refractivity contribution in [2.75, 3.05) is 13.2 Å². The van der Waals surface area contributed by atoms with Gasteiger partial charge in [-0.25, -0.2) is 9.59 Å². The normalized spacial score (nSPS) is 24.8. The molecule has 2 rings (SSSR count). The molecule has 0 aromatic carbocycles. The number of aliphatic carboxylic acids is 2. The molecule has 0 aromatic heterocycles. The molecule has 0 aromatic rings. The molecule has 2 aliphatic carbocycles. The number of carboxylic acids is 2. The van der Waals surface area contributed by atoms with Crippen LogP contribution in [0.2, 0.25) is 0 Å². The monoisotopic (exact) mass is 342 g/mol. The van der Waals surface area contributed by atoms with Crippen molar-refractivity contribution in [1.82, 2.24) is 0 Å². The van der Waals surface area contributed by atoms with Crippen LogP contribution in [0.15, 0.2) is 24.3 Å². The molecule has 0 bridgehead atoms. The first-order chi connectivity index (χ1) is 11.1. The van der Waals surface area contributed by atoms with E-state index in [0.29, 0.717) is 18.4 Å². The summed E-state index contributed by atoms with van der Waals surface area (Å²) in [6.07, 6.45) is 6.13. The highest BCUT2D eigenvalue weighted by molar-refractivity contribution is 5.85. The zero-order chi connectivity index (χ0) is 18.9.